The van der Waals surface area contributed by atoms with E-state index in [1.807, 2.05) is 43.3 Å². The molecule has 0 saturated heterocycles. The third-order valence-electron chi connectivity index (χ3n) is 3.90. The maximum atomic E-state index is 12.2. The molecule has 5 heteroatoms. The number of hydrogen-bond acceptors (Lipinski definition) is 4. The second-order valence-electron chi connectivity index (χ2n) is 5.85. The number of hydrogen-bond donors (Lipinski definition) is 1. The molecule has 1 N–H and O–H groups in total. The molecule has 0 unspecified atom stereocenters. The number of aryl methyl sites for hydroxylation is 2. The van der Waals surface area contributed by atoms with E-state index in [9.17, 15) is 4.79 Å². The van der Waals surface area contributed by atoms with Crippen LogP contribution in [-0.2, 0) is 4.79 Å². The summed E-state index contributed by atoms with van der Waals surface area (Å²) in [6.07, 6.45) is 3.22. The van der Waals surface area contributed by atoms with Crippen molar-refractivity contribution in [1.82, 2.24) is 4.98 Å². The number of methoxy groups -OCH3 is 1. The molecule has 0 atom stereocenters. The zero-order chi connectivity index (χ0) is 18.5. The number of benzene rings is 2. The summed E-state index contributed by atoms with van der Waals surface area (Å²) in [6, 6.07) is 15.8. The SMILES string of the molecule is COc1ccccc1/C=C/C(=O)Nc1nc(-c2ccc(C)cc2)c(C)s1. The lowest BCUT2D eigenvalue weighted by atomic mass is 10.1. The lowest BCUT2D eigenvalue weighted by molar-refractivity contribution is -0.111. The second kappa shape index (κ2) is 7.97. The largest absolute Gasteiger partial charge is 0.496 e. The topological polar surface area (TPSA) is 51.2 Å². The highest BCUT2D eigenvalue weighted by atomic mass is 32.1. The van der Waals surface area contributed by atoms with E-state index in [4.69, 9.17) is 4.74 Å². The van der Waals surface area contributed by atoms with Gasteiger partial charge in [-0.15, -0.1) is 11.3 Å². The van der Waals surface area contributed by atoms with Crippen LogP contribution >= 0.6 is 11.3 Å². The van der Waals surface area contributed by atoms with Crippen LogP contribution in [0.25, 0.3) is 17.3 Å². The van der Waals surface area contributed by atoms with E-state index in [1.165, 1.54) is 23.0 Å². The van der Waals surface area contributed by atoms with E-state index in [-0.39, 0.29) is 5.91 Å². The van der Waals surface area contributed by atoms with Crippen LogP contribution in [0.2, 0.25) is 0 Å². The first-order valence-electron chi connectivity index (χ1n) is 8.23. The molecule has 0 aliphatic rings. The lowest BCUT2D eigenvalue weighted by Gasteiger charge is -2.03. The van der Waals surface area contributed by atoms with Gasteiger partial charge in [0.25, 0.3) is 0 Å². The predicted molar refractivity (Wildman–Crippen MR) is 108 cm³/mol. The summed E-state index contributed by atoms with van der Waals surface area (Å²) in [4.78, 5) is 17.8. The van der Waals surface area contributed by atoms with Gasteiger partial charge >= 0.3 is 0 Å². The van der Waals surface area contributed by atoms with Crippen LogP contribution in [0.15, 0.2) is 54.6 Å². The number of para-hydroxylation sites is 1. The van der Waals surface area contributed by atoms with Gasteiger partial charge in [0.05, 0.1) is 12.8 Å². The standard InChI is InChI=1S/C21H20N2O2S/c1-14-8-10-17(11-9-14)20-15(2)26-21(23-20)22-19(24)13-12-16-6-4-5-7-18(16)25-3/h4-13H,1-3H3,(H,22,23,24)/b13-12+. The predicted octanol–water partition coefficient (Wildman–Crippen LogP) is 5.09. The number of amides is 1. The molecular weight excluding hydrogens is 344 g/mol. The Kier molecular flexibility index (Phi) is 5.49. The van der Waals surface area contributed by atoms with Gasteiger partial charge < -0.3 is 4.74 Å². The number of nitrogens with one attached hydrogen (secondary N) is 1. The molecule has 0 bridgehead atoms. The first-order chi connectivity index (χ1) is 12.6. The molecule has 4 nitrogen and oxygen atoms in total. The first kappa shape index (κ1) is 17.9. The molecule has 0 aliphatic heterocycles. The van der Waals surface area contributed by atoms with Crippen LogP contribution in [0.5, 0.6) is 5.75 Å². The molecule has 26 heavy (non-hydrogen) atoms. The molecule has 1 heterocycles. The number of rotatable bonds is 5. The van der Waals surface area contributed by atoms with Crippen molar-refractivity contribution in [3.63, 3.8) is 0 Å². The van der Waals surface area contributed by atoms with E-state index in [0.29, 0.717) is 5.13 Å². The summed E-state index contributed by atoms with van der Waals surface area (Å²) in [7, 11) is 1.61. The number of ether oxygens (including phenoxy) is 1. The van der Waals surface area contributed by atoms with Gasteiger partial charge in [0.1, 0.15) is 5.75 Å². The Bertz CT molecular complexity index is 943. The van der Waals surface area contributed by atoms with E-state index >= 15 is 0 Å². The minimum absolute atomic E-state index is 0.222. The van der Waals surface area contributed by atoms with Crippen molar-refractivity contribution < 1.29 is 9.53 Å². The van der Waals surface area contributed by atoms with Crippen molar-refractivity contribution in [3.8, 4) is 17.0 Å². The zero-order valence-corrected chi connectivity index (χ0v) is 15.8. The van der Waals surface area contributed by atoms with E-state index < -0.39 is 0 Å². The van der Waals surface area contributed by atoms with Gasteiger partial charge in [-0.3, -0.25) is 10.1 Å². The fourth-order valence-electron chi connectivity index (χ4n) is 2.55. The number of carbonyl (C=O) groups excluding carboxylic acids is 1. The van der Waals surface area contributed by atoms with E-state index in [1.54, 1.807) is 13.2 Å². The molecule has 0 spiro atoms. The smallest absolute Gasteiger partial charge is 0.250 e. The Labute approximate surface area is 157 Å². The summed E-state index contributed by atoms with van der Waals surface area (Å²) < 4.78 is 5.28. The van der Waals surface area contributed by atoms with Crippen LogP contribution in [0.4, 0.5) is 5.13 Å². The Balaban J connectivity index is 1.73. The van der Waals surface area contributed by atoms with Crippen molar-refractivity contribution in [3.05, 3.63) is 70.6 Å². The summed E-state index contributed by atoms with van der Waals surface area (Å²) in [5, 5.41) is 3.42. The van der Waals surface area contributed by atoms with E-state index in [2.05, 4.69) is 29.4 Å². The number of anilines is 1. The third kappa shape index (κ3) is 4.18. The molecule has 0 fully saturated rings. The Hall–Kier alpha value is -2.92. The van der Waals surface area contributed by atoms with Crippen LogP contribution in [0.3, 0.4) is 0 Å². The molecule has 3 aromatic rings. The Morgan fingerprint density at radius 2 is 1.85 bits per heavy atom. The van der Waals surface area contributed by atoms with Gasteiger partial charge in [0.2, 0.25) is 5.91 Å². The van der Waals surface area contributed by atoms with Gasteiger partial charge in [0, 0.05) is 22.1 Å². The van der Waals surface area contributed by atoms with Crippen molar-refractivity contribution in [2.75, 3.05) is 12.4 Å². The third-order valence-corrected chi connectivity index (χ3v) is 4.79. The normalized spacial score (nSPS) is 10.9. The average Bonchev–Trinajstić information content (AvgIpc) is 3.01. The molecule has 0 aliphatic carbocycles. The lowest BCUT2D eigenvalue weighted by Crippen LogP contribution is -2.07. The molecule has 0 saturated carbocycles. The van der Waals surface area contributed by atoms with Crippen molar-refractivity contribution in [2.24, 2.45) is 0 Å². The van der Waals surface area contributed by atoms with Crippen LogP contribution < -0.4 is 10.1 Å². The summed E-state index contributed by atoms with van der Waals surface area (Å²) >= 11 is 1.47. The Morgan fingerprint density at radius 3 is 2.58 bits per heavy atom. The van der Waals surface area contributed by atoms with Crippen molar-refractivity contribution in [2.45, 2.75) is 13.8 Å². The van der Waals surface area contributed by atoms with Gasteiger partial charge in [-0.1, -0.05) is 48.0 Å². The maximum absolute atomic E-state index is 12.2. The van der Waals surface area contributed by atoms with Gasteiger partial charge in [-0.25, -0.2) is 4.98 Å². The number of thiazole rings is 1. The second-order valence-corrected chi connectivity index (χ2v) is 7.06. The monoisotopic (exact) mass is 364 g/mol. The minimum Gasteiger partial charge on any atom is -0.496 e. The van der Waals surface area contributed by atoms with Crippen molar-refractivity contribution in [1.29, 1.82) is 0 Å². The van der Waals surface area contributed by atoms with Crippen LogP contribution in [0.1, 0.15) is 16.0 Å². The number of aromatic nitrogens is 1. The highest BCUT2D eigenvalue weighted by Crippen LogP contribution is 2.30. The van der Waals surface area contributed by atoms with Crippen LogP contribution in [0, 0.1) is 13.8 Å². The molecule has 2 aromatic carbocycles. The minimum atomic E-state index is -0.222. The highest BCUT2D eigenvalue weighted by Gasteiger charge is 2.11. The highest BCUT2D eigenvalue weighted by molar-refractivity contribution is 7.16. The molecule has 132 valence electrons. The summed E-state index contributed by atoms with van der Waals surface area (Å²) in [6.45, 7) is 4.06. The number of carbonyl (C=O) groups is 1. The molecular formula is C21H20N2O2S. The van der Waals surface area contributed by atoms with Crippen LogP contribution in [-0.4, -0.2) is 18.0 Å². The van der Waals surface area contributed by atoms with Gasteiger partial charge in [-0.2, -0.15) is 0 Å². The fourth-order valence-corrected chi connectivity index (χ4v) is 3.38. The Morgan fingerprint density at radius 1 is 1.12 bits per heavy atom. The fraction of sp³-hybridized carbons (Fsp3) is 0.143. The zero-order valence-electron chi connectivity index (χ0n) is 14.9. The summed E-state index contributed by atoms with van der Waals surface area (Å²) in [5.41, 5.74) is 4.01. The molecule has 3 rings (SSSR count). The quantitative estimate of drug-likeness (QED) is 0.642. The van der Waals surface area contributed by atoms with Gasteiger partial charge in [0.15, 0.2) is 5.13 Å². The first-order valence-corrected chi connectivity index (χ1v) is 9.05. The molecule has 0 radical (unpaired) electrons. The van der Waals surface area contributed by atoms with E-state index in [0.717, 1.165) is 27.4 Å². The number of nitrogens with zero attached hydrogens (tertiary/aromatic N) is 1. The maximum Gasteiger partial charge on any atom is 0.250 e. The average molecular weight is 364 g/mol. The molecule has 1 amide bonds. The summed E-state index contributed by atoms with van der Waals surface area (Å²) in [5.74, 6) is 0.503. The van der Waals surface area contributed by atoms with Gasteiger partial charge in [-0.05, 0) is 26.0 Å². The molecule has 1 aromatic heterocycles. The van der Waals surface area contributed by atoms with Crippen molar-refractivity contribution >= 4 is 28.5 Å².